The third-order valence-electron chi connectivity index (χ3n) is 3.33. The third kappa shape index (κ3) is 3.22. The molecule has 3 heteroatoms. The zero-order valence-corrected chi connectivity index (χ0v) is 12.3. The van der Waals surface area contributed by atoms with Crippen molar-refractivity contribution in [2.75, 3.05) is 0 Å². The maximum atomic E-state index is 12.5. The van der Waals surface area contributed by atoms with Crippen molar-refractivity contribution in [2.45, 2.75) is 66.0 Å². The molecule has 0 amide bonds. The first-order valence-electron chi connectivity index (χ1n) is 6.79. The van der Waals surface area contributed by atoms with E-state index >= 15 is 0 Å². The molecule has 0 saturated heterocycles. The fraction of sp³-hybridized carbons (Fsp3) is 0.667. The summed E-state index contributed by atoms with van der Waals surface area (Å²) in [6, 6.07) is 2.07. The molecule has 1 aromatic rings. The Kier molecular flexibility index (Phi) is 4.74. The molecule has 102 valence electrons. The van der Waals surface area contributed by atoms with Crippen LogP contribution in [0.15, 0.2) is 10.9 Å². The zero-order valence-electron chi connectivity index (χ0n) is 12.3. The smallest absolute Gasteiger partial charge is 0.256 e. The summed E-state index contributed by atoms with van der Waals surface area (Å²) in [6.07, 6.45) is 3.36. The molecule has 1 heterocycles. The number of hydrogen-bond acceptors (Lipinski definition) is 2. The molecule has 2 N–H and O–H groups in total. The molecule has 0 aliphatic carbocycles. The molecule has 18 heavy (non-hydrogen) atoms. The summed E-state index contributed by atoms with van der Waals surface area (Å²) in [5.74, 6) is 0. The van der Waals surface area contributed by atoms with Crippen molar-refractivity contribution < 1.29 is 0 Å². The van der Waals surface area contributed by atoms with Crippen molar-refractivity contribution in [3.05, 3.63) is 33.2 Å². The van der Waals surface area contributed by atoms with E-state index in [9.17, 15) is 4.79 Å². The van der Waals surface area contributed by atoms with E-state index in [2.05, 4.69) is 13.0 Å². The Hall–Kier alpha value is -1.09. The minimum absolute atomic E-state index is 0.0797. The Labute approximate surface area is 110 Å². The predicted octanol–water partition coefficient (Wildman–Crippen LogP) is 2.85. The fourth-order valence-corrected chi connectivity index (χ4v) is 2.51. The number of nitrogens with two attached hydrogens (primary N) is 1. The van der Waals surface area contributed by atoms with Gasteiger partial charge in [-0.1, -0.05) is 19.8 Å². The molecule has 0 aromatic carbocycles. The van der Waals surface area contributed by atoms with Crippen molar-refractivity contribution in [3.8, 4) is 0 Å². The molecule has 0 aliphatic heterocycles. The van der Waals surface area contributed by atoms with Crippen molar-refractivity contribution in [1.82, 2.24) is 4.57 Å². The molecule has 0 bridgehead atoms. The van der Waals surface area contributed by atoms with Gasteiger partial charge in [0.1, 0.15) is 0 Å². The van der Waals surface area contributed by atoms with E-state index in [1.807, 2.05) is 32.3 Å². The topological polar surface area (TPSA) is 48.0 Å². The van der Waals surface area contributed by atoms with E-state index in [-0.39, 0.29) is 5.56 Å². The van der Waals surface area contributed by atoms with Crippen LogP contribution >= 0.6 is 0 Å². The summed E-state index contributed by atoms with van der Waals surface area (Å²) in [4.78, 5) is 12.5. The van der Waals surface area contributed by atoms with Crippen LogP contribution in [-0.2, 0) is 12.1 Å². The van der Waals surface area contributed by atoms with Gasteiger partial charge in [0.25, 0.3) is 5.56 Å². The maximum absolute atomic E-state index is 12.5. The third-order valence-corrected chi connectivity index (χ3v) is 3.33. The van der Waals surface area contributed by atoms with Crippen LogP contribution in [0.25, 0.3) is 0 Å². The molecule has 0 saturated carbocycles. The summed E-state index contributed by atoms with van der Waals surface area (Å²) >= 11 is 0. The van der Waals surface area contributed by atoms with Crippen LogP contribution in [0.3, 0.4) is 0 Å². The first kappa shape index (κ1) is 15.0. The van der Waals surface area contributed by atoms with Gasteiger partial charge in [-0.05, 0) is 45.7 Å². The minimum Gasteiger partial charge on any atom is -0.322 e. The van der Waals surface area contributed by atoms with E-state index in [1.54, 1.807) is 0 Å². The highest BCUT2D eigenvalue weighted by molar-refractivity contribution is 5.31. The van der Waals surface area contributed by atoms with Crippen molar-refractivity contribution in [3.63, 3.8) is 0 Å². The van der Waals surface area contributed by atoms with Crippen LogP contribution in [0, 0.1) is 13.8 Å². The summed E-state index contributed by atoms with van der Waals surface area (Å²) in [7, 11) is 0. The van der Waals surface area contributed by atoms with Gasteiger partial charge in [0.15, 0.2) is 0 Å². The molecule has 0 radical (unpaired) electrons. The lowest BCUT2D eigenvalue weighted by molar-refractivity contribution is 0.514. The highest BCUT2D eigenvalue weighted by Crippen LogP contribution is 2.18. The molecule has 3 nitrogen and oxygen atoms in total. The second kappa shape index (κ2) is 5.70. The molecule has 0 spiro atoms. The lowest BCUT2D eigenvalue weighted by atomic mass is 9.92. The lowest BCUT2D eigenvalue weighted by Gasteiger charge is -2.23. The number of unbranched alkanes of at least 4 members (excludes halogenated alkanes) is 2. The Morgan fingerprint density at radius 2 is 1.89 bits per heavy atom. The Morgan fingerprint density at radius 1 is 1.28 bits per heavy atom. The second-order valence-electron chi connectivity index (χ2n) is 5.73. The second-order valence-corrected chi connectivity index (χ2v) is 5.73. The standard InChI is InChI=1S/C15H26N2O/c1-6-7-8-9-17-12(3)10-11(2)13(14(17)18)15(4,5)16/h10H,6-9,16H2,1-5H3. The van der Waals surface area contributed by atoms with Crippen LogP contribution in [0.2, 0.25) is 0 Å². The molecule has 0 unspecified atom stereocenters. The van der Waals surface area contributed by atoms with E-state index < -0.39 is 5.54 Å². The van der Waals surface area contributed by atoms with Gasteiger partial charge >= 0.3 is 0 Å². The van der Waals surface area contributed by atoms with Gasteiger partial charge in [-0.2, -0.15) is 0 Å². The van der Waals surface area contributed by atoms with Gasteiger partial charge in [-0.3, -0.25) is 4.79 Å². The van der Waals surface area contributed by atoms with Gasteiger partial charge in [-0.25, -0.2) is 0 Å². The van der Waals surface area contributed by atoms with E-state index in [4.69, 9.17) is 5.73 Å². The van der Waals surface area contributed by atoms with Gasteiger partial charge in [0, 0.05) is 23.3 Å². The van der Waals surface area contributed by atoms with E-state index in [0.717, 1.165) is 42.6 Å². The Morgan fingerprint density at radius 3 is 2.39 bits per heavy atom. The number of pyridine rings is 1. The van der Waals surface area contributed by atoms with Crippen LogP contribution in [0.1, 0.15) is 56.9 Å². The molecular weight excluding hydrogens is 224 g/mol. The summed E-state index contributed by atoms with van der Waals surface area (Å²) in [5.41, 5.74) is 8.38. The molecule has 0 aliphatic rings. The first-order valence-corrected chi connectivity index (χ1v) is 6.79. The number of aromatic nitrogens is 1. The average molecular weight is 250 g/mol. The van der Waals surface area contributed by atoms with Crippen LogP contribution in [0.5, 0.6) is 0 Å². The molecular formula is C15H26N2O. The first-order chi connectivity index (χ1) is 8.29. The number of nitrogens with zero attached hydrogens (tertiary/aromatic N) is 1. The SMILES string of the molecule is CCCCCn1c(C)cc(C)c(C(C)(C)N)c1=O. The van der Waals surface area contributed by atoms with Crippen LogP contribution < -0.4 is 11.3 Å². The average Bonchev–Trinajstić information content (AvgIpc) is 2.20. The Balaban J connectivity index is 3.24. The fourth-order valence-electron chi connectivity index (χ4n) is 2.51. The molecule has 1 rings (SSSR count). The minimum atomic E-state index is -0.582. The van der Waals surface area contributed by atoms with Gasteiger partial charge < -0.3 is 10.3 Å². The number of aryl methyl sites for hydroxylation is 2. The predicted molar refractivity (Wildman–Crippen MR) is 76.9 cm³/mol. The lowest BCUT2D eigenvalue weighted by Crippen LogP contribution is -2.39. The highest BCUT2D eigenvalue weighted by atomic mass is 16.1. The normalized spacial score (nSPS) is 11.9. The molecule has 1 aromatic heterocycles. The summed E-state index contributed by atoms with van der Waals surface area (Å²) in [5, 5.41) is 0. The number of rotatable bonds is 5. The van der Waals surface area contributed by atoms with Gasteiger partial charge in [-0.15, -0.1) is 0 Å². The summed E-state index contributed by atoms with van der Waals surface area (Å²) < 4.78 is 1.87. The maximum Gasteiger partial charge on any atom is 0.256 e. The van der Waals surface area contributed by atoms with Crippen LogP contribution in [-0.4, -0.2) is 4.57 Å². The molecule has 0 atom stereocenters. The summed E-state index contributed by atoms with van der Waals surface area (Å²) in [6.45, 7) is 10.7. The zero-order chi connectivity index (χ0) is 13.9. The largest absolute Gasteiger partial charge is 0.322 e. The van der Waals surface area contributed by atoms with E-state index in [1.165, 1.54) is 0 Å². The van der Waals surface area contributed by atoms with Crippen molar-refractivity contribution >= 4 is 0 Å². The Bertz CT molecular complexity index is 467. The molecule has 0 fully saturated rings. The van der Waals surface area contributed by atoms with Gasteiger partial charge in [0.05, 0.1) is 0 Å². The van der Waals surface area contributed by atoms with Crippen LogP contribution in [0.4, 0.5) is 0 Å². The van der Waals surface area contributed by atoms with E-state index in [0.29, 0.717) is 0 Å². The van der Waals surface area contributed by atoms with Crippen molar-refractivity contribution in [2.24, 2.45) is 5.73 Å². The van der Waals surface area contributed by atoms with Gasteiger partial charge in [0.2, 0.25) is 0 Å². The number of hydrogen-bond donors (Lipinski definition) is 1. The highest BCUT2D eigenvalue weighted by Gasteiger charge is 2.22. The monoisotopic (exact) mass is 250 g/mol. The van der Waals surface area contributed by atoms with Crippen molar-refractivity contribution in [1.29, 1.82) is 0 Å². The quantitative estimate of drug-likeness (QED) is 0.817.